The van der Waals surface area contributed by atoms with Crippen molar-refractivity contribution in [1.29, 1.82) is 0 Å². The number of nitrogens with one attached hydrogen (secondary N) is 1. The molecule has 0 fully saturated rings. The van der Waals surface area contributed by atoms with Crippen LogP contribution < -0.4 is 5.32 Å². The maximum atomic E-state index is 4.27. The molecule has 0 aromatic carbocycles. The Labute approximate surface area is 94.8 Å². The molecule has 1 N–H and O–H groups in total. The van der Waals surface area contributed by atoms with Crippen LogP contribution >= 0.6 is 0 Å². The van der Waals surface area contributed by atoms with E-state index < -0.39 is 0 Å². The molecule has 2 heterocycles. The fourth-order valence-corrected chi connectivity index (χ4v) is 1.71. The number of hydrogen-bond donors (Lipinski definition) is 1. The van der Waals surface area contributed by atoms with Gasteiger partial charge in [0.25, 0.3) is 0 Å². The first kappa shape index (κ1) is 10.7. The minimum Gasteiger partial charge on any atom is -0.308 e. The number of nitrogens with zero attached hydrogens (tertiary/aromatic N) is 3. The molecule has 4 heteroatoms. The van der Waals surface area contributed by atoms with Crippen LogP contribution in [0.15, 0.2) is 37.1 Å². The second-order valence-corrected chi connectivity index (χ2v) is 3.59. The quantitative estimate of drug-likeness (QED) is 0.841. The molecule has 0 aliphatic heterocycles. The average Bonchev–Trinajstić information content (AvgIpc) is 2.34. The first-order chi connectivity index (χ1) is 7.83. The summed E-state index contributed by atoms with van der Waals surface area (Å²) in [4.78, 5) is 12.3. The lowest BCUT2D eigenvalue weighted by Gasteiger charge is -2.17. The summed E-state index contributed by atoms with van der Waals surface area (Å²) in [5.41, 5.74) is 3.30. The van der Waals surface area contributed by atoms with Crippen LogP contribution in [0.2, 0.25) is 0 Å². The maximum Gasteiger partial charge on any atom is 0.115 e. The van der Waals surface area contributed by atoms with Gasteiger partial charge in [-0.2, -0.15) is 0 Å². The van der Waals surface area contributed by atoms with Gasteiger partial charge in [0, 0.05) is 18.6 Å². The Hall–Kier alpha value is -1.81. The number of pyridine rings is 1. The van der Waals surface area contributed by atoms with E-state index in [-0.39, 0.29) is 6.04 Å². The Kier molecular flexibility index (Phi) is 3.22. The summed E-state index contributed by atoms with van der Waals surface area (Å²) in [7, 11) is 1.92. The molecule has 0 radical (unpaired) electrons. The summed E-state index contributed by atoms with van der Waals surface area (Å²) in [6.07, 6.45) is 6.98. The van der Waals surface area contributed by atoms with Crippen molar-refractivity contribution in [3.63, 3.8) is 0 Å². The highest BCUT2D eigenvalue weighted by molar-refractivity contribution is 5.31. The van der Waals surface area contributed by atoms with Crippen molar-refractivity contribution in [3.05, 3.63) is 53.9 Å². The number of rotatable bonds is 3. The van der Waals surface area contributed by atoms with Gasteiger partial charge in [-0.05, 0) is 37.2 Å². The van der Waals surface area contributed by atoms with E-state index in [1.807, 2.05) is 25.4 Å². The molecule has 0 aliphatic rings. The molecule has 0 bridgehead atoms. The predicted octanol–water partition coefficient (Wildman–Crippen LogP) is 1.49. The van der Waals surface area contributed by atoms with E-state index in [4.69, 9.17) is 0 Å². The number of aryl methyl sites for hydroxylation is 1. The highest BCUT2D eigenvalue weighted by atomic mass is 14.9. The lowest BCUT2D eigenvalue weighted by atomic mass is 10.0. The van der Waals surface area contributed by atoms with Crippen LogP contribution in [0, 0.1) is 6.92 Å². The fraction of sp³-hybridized carbons (Fsp3) is 0.250. The van der Waals surface area contributed by atoms with Crippen LogP contribution in [0.1, 0.15) is 22.9 Å². The Morgan fingerprint density at radius 1 is 1.19 bits per heavy atom. The predicted molar refractivity (Wildman–Crippen MR) is 61.9 cm³/mol. The second kappa shape index (κ2) is 4.81. The molecule has 4 nitrogen and oxygen atoms in total. The van der Waals surface area contributed by atoms with Crippen molar-refractivity contribution in [3.8, 4) is 0 Å². The average molecular weight is 214 g/mol. The van der Waals surface area contributed by atoms with Gasteiger partial charge in [-0.15, -0.1) is 0 Å². The molecule has 0 aliphatic carbocycles. The smallest absolute Gasteiger partial charge is 0.115 e. The van der Waals surface area contributed by atoms with E-state index in [1.165, 1.54) is 5.56 Å². The molecule has 2 rings (SSSR count). The number of hydrogen-bond acceptors (Lipinski definition) is 4. The summed E-state index contributed by atoms with van der Waals surface area (Å²) in [6.45, 7) is 2.07. The van der Waals surface area contributed by atoms with Crippen LogP contribution in [0.25, 0.3) is 0 Å². The molecule has 0 saturated heterocycles. The summed E-state index contributed by atoms with van der Waals surface area (Å²) >= 11 is 0. The van der Waals surface area contributed by atoms with E-state index in [1.54, 1.807) is 18.7 Å². The van der Waals surface area contributed by atoms with E-state index in [0.29, 0.717) is 0 Å². The molecule has 0 amide bonds. The lowest BCUT2D eigenvalue weighted by molar-refractivity contribution is 0.661. The highest BCUT2D eigenvalue weighted by Crippen LogP contribution is 2.21. The van der Waals surface area contributed by atoms with Gasteiger partial charge < -0.3 is 5.32 Å². The Bertz CT molecular complexity index is 456. The minimum absolute atomic E-state index is 0.0664. The molecule has 82 valence electrons. The van der Waals surface area contributed by atoms with Gasteiger partial charge in [-0.25, -0.2) is 9.97 Å². The normalized spacial score (nSPS) is 12.4. The lowest BCUT2D eigenvalue weighted by Crippen LogP contribution is -2.20. The second-order valence-electron chi connectivity index (χ2n) is 3.59. The van der Waals surface area contributed by atoms with Crippen LogP contribution in [-0.2, 0) is 0 Å². The third-order valence-corrected chi connectivity index (χ3v) is 2.58. The van der Waals surface area contributed by atoms with Gasteiger partial charge in [0.05, 0.1) is 11.7 Å². The van der Waals surface area contributed by atoms with Gasteiger partial charge >= 0.3 is 0 Å². The van der Waals surface area contributed by atoms with Gasteiger partial charge in [-0.3, -0.25) is 4.98 Å². The van der Waals surface area contributed by atoms with Crippen LogP contribution in [0.4, 0.5) is 0 Å². The zero-order valence-corrected chi connectivity index (χ0v) is 9.38. The third-order valence-electron chi connectivity index (χ3n) is 2.58. The van der Waals surface area contributed by atoms with Crippen molar-refractivity contribution < 1.29 is 0 Å². The fourth-order valence-electron chi connectivity index (χ4n) is 1.71. The van der Waals surface area contributed by atoms with Gasteiger partial charge in [-0.1, -0.05) is 0 Å². The van der Waals surface area contributed by atoms with Crippen molar-refractivity contribution in [2.24, 2.45) is 0 Å². The Balaban J connectivity index is 2.41. The van der Waals surface area contributed by atoms with E-state index >= 15 is 0 Å². The molecule has 2 aromatic heterocycles. The molecule has 16 heavy (non-hydrogen) atoms. The summed E-state index contributed by atoms with van der Waals surface area (Å²) < 4.78 is 0. The molecular weight excluding hydrogens is 200 g/mol. The molecule has 1 unspecified atom stereocenters. The van der Waals surface area contributed by atoms with Crippen LogP contribution in [-0.4, -0.2) is 22.0 Å². The molecule has 1 atom stereocenters. The monoisotopic (exact) mass is 214 g/mol. The highest BCUT2D eigenvalue weighted by Gasteiger charge is 2.14. The molecule has 0 saturated carbocycles. The Morgan fingerprint density at radius 2 is 2.00 bits per heavy atom. The van der Waals surface area contributed by atoms with Crippen LogP contribution in [0.5, 0.6) is 0 Å². The molecular formula is C12H14N4. The topological polar surface area (TPSA) is 50.7 Å². The van der Waals surface area contributed by atoms with Crippen molar-refractivity contribution >= 4 is 0 Å². The first-order valence-electron chi connectivity index (χ1n) is 5.16. The zero-order valence-electron chi connectivity index (χ0n) is 9.38. The standard InChI is InChI=1S/C12H14N4/c1-9-3-5-14-7-10(9)12(13-2)11-4-6-15-8-16-11/h3-8,12-13H,1-2H3. The van der Waals surface area contributed by atoms with Gasteiger partial charge in [0.1, 0.15) is 6.33 Å². The zero-order chi connectivity index (χ0) is 11.4. The third kappa shape index (κ3) is 2.06. The summed E-state index contributed by atoms with van der Waals surface area (Å²) in [6, 6.07) is 3.98. The summed E-state index contributed by atoms with van der Waals surface area (Å²) in [5, 5.41) is 3.25. The minimum atomic E-state index is 0.0664. The van der Waals surface area contributed by atoms with Crippen LogP contribution in [0.3, 0.4) is 0 Å². The van der Waals surface area contributed by atoms with E-state index in [9.17, 15) is 0 Å². The van der Waals surface area contributed by atoms with Crippen molar-refractivity contribution in [1.82, 2.24) is 20.3 Å². The molecule has 0 spiro atoms. The van der Waals surface area contributed by atoms with Gasteiger partial charge in [0.15, 0.2) is 0 Å². The largest absolute Gasteiger partial charge is 0.308 e. The summed E-state index contributed by atoms with van der Waals surface area (Å²) in [5.74, 6) is 0. The SMILES string of the molecule is CNC(c1ccncn1)c1cnccc1C. The maximum absolute atomic E-state index is 4.27. The van der Waals surface area contributed by atoms with E-state index in [0.717, 1.165) is 11.3 Å². The van der Waals surface area contributed by atoms with Crippen molar-refractivity contribution in [2.75, 3.05) is 7.05 Å². The molecule has 2 aromatic rings. The first-order valence-corrected chi connectivity index (χ1v) is 5.16. The number of aromatic nitrogens is 3. The van der Waals surface area contributed by atoms with Gasteiger partial charge in [0.2, 0.25) is 0 Å². The van der Waals surface area contributed by atoms with E-state index in [2.05, 4.69) is 27.2 Å². The van der Waals surface area contributed by atoms with Crippen molar-refractivity contribution in [2.45, 2.75) is 13.0 Å². The Morgan fingerprint density at radius 3 is 2.62 bits per heavy atom.